The van der Waals surface area contributed by atoms with E-state index in [4.69, 9.17) is 4.74 Å². The third-order valence-electron chi connectivity index (χ3n) is 3.42. The van der Waals surface area contributed by atoms with Gasteiger partial charge in [-0.25, -0.2) is 4.79 Å². The predicted molar refractivity (Wildman–Crippen MR) is 62.4 cm³/mol. The van der Waals surface area contributed by atoms with Crippen LogP contribution >= 0.6 is 0 Å². The summed E-state index contributed by atoms with van der Waals surface area (Å²) in [6.07, 6.45) is 5.91. The second-order valence-corrected chi connectivity index (χ2v) is 4.91. The maximum atomic E-state index is 12.0. The lowest BCUT2D eigenvalue weighted by atomic mass is 10.2. The van der Waals surface area contributed by atoms with Crippen LogP contribution in [0.15, 0.2) is 0 Å². The van der Waals surface area contributed by atoms with E-state index in [1.165, 1.54) is 12.8 Å². The Balaban J connectivity index is 1.82. The first-order valence-electron chi connectivity index (χ1n) is 6.43. The normalized spacial score (nSPS) is 27.8. The molecule has 2 aliphatic rings. The summed E-state index contributed by atoms with van der Waals surface area (Å²) in [5, 5.41) is 3.13. The van der Waals surface area contributed by atoms with E-state index in [1.807, 2.05) is 11.8 Å². The van der Waals surface area contributed by atoms with Crippen LogP contribution in [0.25, 0.3) is 0 Å². The highest BCUT2D eigenvalue weighted by Gasteiger charge is 2.23. The quantitative estimate of drug-likeness (QED) is 0.740. The molecule has 4 nitrogen and oxygen atoms in total. The molecule has 16 heavy (non-hydrogen) atoms. The molecular weight excluding hydrogens is 204 g/mol. The Morgan fingerprint density at radius 1 is 1.31 bits per heavy atom. The summed E-state index contributed by atoms with van der Waals surface area (Å²) < 4.78 is 5.53. The van der Waals surface area contributed by atoms with Crippen molar-refractivity contribution in [2.45, 2.75) is 51.2 Å². The number of nitrogens with zero attached hydrogens (tertiary/aromatic N) is 1. The average molecular weight is 226 g/mol. The molecule has 1 aliphatic carbocycles. The van der Waals surface area contributed by atoms with Crippen molar-refractivity contribution in [1.29, 1.82) is 0 Å². The minimum atomic E-state index is 0.101. The number of hydrogen-bond acceptors (Lipinski definition) is 2. The summed E-state index contributed by atoms with van der Waals surface area (Å²) >= 11 is 0. The molecule has 1 saturated heterocycles. The minimum absolute atomic E-state index is 0.101. The summed E-state index contributed by atoms with van der Waals surface area (Å²) in [6.45, 7) is 4.34. The number of amides is 2. The molecule has 0 aromatic carbocycles. The standard InChI is InChI=1S/C12H22N2O2/c1-10-9-14(7-4-8-16-10)12(15)13-11-5-2-3-6-11/h10-11H,2-9H2,1H3,(H,13,15). The molecule has 0 spiro atoms. The van der Waals surface area contributed by atoms with Gasteiger partial charge < -0.3 is 15.0 Å². The Labute approximate surface area is 97.3 Å². The molecule has 4 heteroatoms. The molecule has 1 N–H and O–H groups in total. The van der Waals surface area contributed by atoms with Crippen LogP contribution in [0, 0.1) is 0 Å². The third-order valence-corrected chi connectivity index (χ3v) is 3.42. The minimum Gasteiger partial charge on any atom is -0.377 e. The van der Waals surface area contributed by atoms with Gasteiger partial charge in [-0.05, 0) is 26.2 Å². The summed E-state index contributed by atoms with van der Waals surface area (Å²) in [7, 11) is 0. The van der Waals surface area contributed by atoms with Crippen LogP contribution in [0.2, 0.25) is 0 Å². The van der Waals surface area contributed by atoms with Gasteiger partial charge in [-0.3, -0.25) is 0 Å². The van der Waals surface area contributed by atoms with Crippen LogP contribution in [0.4, 0.5) is 4.79 Å². The van der Waals surface area contributed by atoms with Gasteiger partial charge in [0, 0.05) is 25.7 Å². The fourth-order valence-corrected chi connectivity index (χ4v) is 2.51. The molecule has 2 rings (SSSR count). The Kier molecular flexibility index (Phi) is 4.04. The van der Waals surface area contributed by atoms with Crippen LogP contribution in [0.3, 0.4) is 0 Å². The second kappa shape index (κ2) is 5.53. The number of hydrogen-bond donors (Lipinski definition) is 1. The zero-order valence-electron chi connectivity index (χ0n) is 10.1. The summed E-state index contributed by atoms with van der Waals surface area (Å²) in [4.78, 5) is 13.9. The van der Waals surface area contributed by atoms with Gasteiger partial charge in [0.25, 0.3) is 0 Å². The molecule has 1 saturated carbocycles. The maximum absolute atomic E-state index is 12.0. The van der Waals surface area contributed by atoms with Gasteiger partial charge in [-0.15, -0.1) is 0 Å². The molecule has 0 radical (unpaired) electrons. The SMILES string of the molecule is CC1CN(C(=O)NC2CCCC2)CCCO1. The molecule has 1 aliphatic heterocycles. The third kappa shape index (κ3) is 3.11. The van der Waals surface area contributed by atoms with E-state index in [0.717, 1.165) is 39.0 Å². The van der Waals surface area contributed by atoms with Crippen LogP contribution in [0.5, 0.6) is 0 Å². The fourth-order valence-electron chi connectivity index (χ4n) is 2.51. The number of ether oxygens (including phenoxy) is 1. The molecule has 92 valence electrons. The average Bonchev–Trinajstić information content (AvgIpc) is 2.65. The molecule has 2 amide bonds. The van der Waals surface area contributed by atoms with Gasteiger partial charge >= 0.3 is 6.03 Å². The molecule has 1 atom stereocenters. The highest BCUT2D eigenvalue weighted by Crippen LogP contribution is 2.18. The molecule has 2 fully saturated rings. The van der Waals surface area contributed by atoms with E-state index < -0.39 is 0 Å². The Bertz CT molecular complexity index is 239. The lowest BCUT2D eigenvalue weighted by Gasteiger charge is -2.24. The zero-order chi connectivity index (χ0) is 11.4. The van der Waals surface area contributed by atoms with Crippen molar-refractivity contribution in [3.63, 3.8) is 0 Å². The summed E-state index contributed by atoms with van der Waals surface area (Å²) in [6, 6.07) is 0.510. The second-order valence-electron chi connectivity index (χ2n) is 4.91. The van der Waals surface area contributed by atoms with Gasteiger partial charge in [0.05, 0.1) is 6.10 Å². The van der Waals surface area contributed by atoms with Gasteiger partial charge in [-0.2, -0.15) is 0 Å². The summed E-state index contributed by atoms with van der Waals surface area (Å²) in [5.74, 6) is 0. The lowest BCUT2D eigenvalue weighted by Crippen LogP contribution is -2.46. The molecule has 0 bridgehead atoms. The first-order valence-corrected chi connectivity index (χ1v) is 6.43. The predicted octanol–water partition coefficient (Wildman–Crippen LogP) is 1.75. The van der Waals surface area contributed by atoms with Crippen molar-refractivity contribution in [2.75, 3.05) is 19.7 Å². The number of urea groups is 1. The number of nitrogens with one attached hydrogen (secondary N) is 1. The molecule has 0 aromatic rings. The highest BCUT2D eigenvalue weighted by molar-refractivity contribution is 5.74. The smallest absolute Gasteiger partial charge is 0.317 e. The number of carbonyl (C=O) groups excluding carboxylic acids is 1. The monoisotopic (exact) mass is 226 g/mol. The van der Waals surface area contributed by atoms with E-state index >= 15 is 0 Å². The van der Waals surface area contributed by atoms with Gasteiger partial charge in [-0.1, -0.05) is 12.8 Å². The topological polar surface area (TPSA) is 41.6 Å². The van der Waals surface area contributed by atoms with Crippen molar-refractivity contribution in [2.24, 2.45) is 0 Å². The van der Waals surface area contributed by atoms with Crippen LogP contribution < -0.4 is 5.32 Å². The number of carbonyl (C=O) groups is 1. The van der Waals surface area contributed by atoms with Crippen molar-refractivity contribution < 1.29 is 9.53 Å². The van der Waals surface area contributed by atoms with Crippen LogP contribution in [0.1, 0.15) is 39.0 Å². The highest BCUT2D eigenvalue weighted by atomic mass is 16.5. The van der Waals surface area contributed by atoms with E-state index in [2.05, 4.69) is 5.32 Å². The van der Waals surface area contributed by atoms with E-state index in [-0.39, 0.29) is 12.1 Å². The molecular formula is C12H22N2O2. The first-order chi connectivity index (χ1) is 7.75. The van der Waals surface area contributed by atoms with Crippen molar-refractivity contribution in [1.82, 2.24) is 10.2 Å². The molecule has 1 unspecified atom stereocenters. The van der Waals surface area contributed by atoms with Crippen LogP contribution in [-0.4, -0.2) is 42.8 Å². The first kappa shape index (κ1) is 11.7. The summed E-state index contributed by atoms with van der Waals surface area (Å²) in [5.41, 5.74) is 0. The Hall–Kier alpha value is -0.770. The fraction of sp³-hybridized carbons (Fsp3) is 0.917. The van der Waals surface area contributed by atoms with Crippen LogP contribution in [-0.2, 0) is 4.74 Å². The zero-order valence-corrected chi connectivity index (χ0v) is 10.1. The largest absolute Gasteiger partial charge is 0.377 e. The molecule has 1 heterocycles. The van der Waals surface area contributed by atoms with E-state index in [1.54, 1.807) is 0 Å². The van der Waals surface area contributed by atoms with Gasteiger partial charge in [0.2, 0.25) is 0 Å². The Morgan fingerprint density at radius 2 is 2.06 bits per heavy atom. The van der Waals surface area contributed by atoms with E-state index in [0.29, 0.717) is 6.04 Å². The lowest BCUT2D eigenvalue weighted by molar-refractivity contribution is 0.0708. The number of rotatable bonds is 1. The van der Waals surface area contributed by atoms with E-state index in [9.17, 15) is 4.79 Å². The maximum Gasteiger partial charge on any atom is 0.317 e. The van der Waals surface area contributed by atoms with Crippen molar-refractivity contribution >= 4 is 6.03 Å². The van der Waals surface area contributed by atoms with Crippen molar-refractivity contribution in [3.8, 4) is 0 Å². The van der Waals surface area contributed by atoms with Gasteiger partial charge in [0.15, 0.2) is 0 Å². The van der Waals surface area contributed by atoms with Gasteiger partial charge in [0.1, 0.15) is 0 Å². The van der Waals surface area contributed by atoms with Crippen molar-refractivity contribution in [3.05, 3.63) is 0 Å². The molecule has 0 aromatic heterocycles. The Morgan fingerprint density at radius 3 is 2.81 bits per heavy atom.